The number of rotatable bonds is 7. The first-order valence-corrected chi connectivity index (χ1v) is 6.69. The lowest BCUT2D eigenvalue weighted by Gasteiger charge is -2.32. The van der Waals surface area contributed by atoms with Gasteiger partial charge in [0.15, 0.2) is 0 Å². The van der Waals surface area contributed by atoms with E-state index in [2.05, 4.69) is 5.32 Å². The SMILES string of the molecule is CCC(CC)(CN)C(=O)NCC1(OC)CCOC1. The third-order valence-electron chi connectivity index (χ3n) is 4.30. The zero-order chi connectivity index (χ0) is 13.6. The van der Waals surface area contributed by atoms with Crippen molar-refractivity contribution in [3.63, 3.8) is 0 Å². The number of hydrogen-bond donors (Lipinski definition) is 2. The predicted octanol–water partition coefficient (Wildman–Crippen LogP) is 0.673. The molecule has 1 aliphatic heterocycles. The summed E-state index contributed by atoms with van der Waals surface area (Å²) in [4.78, 5) is 12.3. The largest absolute Gasteiger partial charge is 0.378 e. The molecule has 0 radical (unpaired) electrons. The van der Waals surface area contributed by atoms with E-state index < -0.39 is 5.41 Å². The highest BCUT2D eigenvalue weighted by Gasteiger charge is 2.38. The van der Waals surface area contributed by atoms with E-state index in [1.54, 1.807) is 7.11 Å². The molecule has 0 bridgehead atoms. The summed E-state index contributed by atoms with van der Waals surface area (Å²) in [6.07, 6.45) is 2.32. The minimum Gasteiger partial charge on any atom is -0.378 e. The number of amides is 1. The lowest BCUT2D eigenvalue weighted by Crippen LogP contribution is -2.51. The first-order chi connectivity index (χ1) is 8.58. The summed E-state index contributed by atoms with van der Waals surface area (Å²) in [5, 5.41) is 2.99. The number of carbonyl (C=O) groups excluding carboxylic acids is 1. The lowest BCUT2D eigenvalue weighted by molar-refractivity contribution is -0.132. The average Bonchev–Trinajstić information content (AvgIpc) is 2.88. The van der Waals surface area contributed by atoms with Crippen LogP contribution in [0.4, 0.5) is 0 Å². The highest BCUT2D eigenvalue weighted by atomic mass is 16.5. The molecule has 3 N–H and O–H groups in total. The van der Waals surface area contributed by atoms with Crippen molar-refractivity contribution >= 4 is 5.91 Å². The van der Waals surface area contributed by atoms with Crippen molar-refractivity contribution in [1.82, 2.24) is 5.32 Å². The van der Waals surface area contributed by atoms with Crippen LogP contribution in [0.5, 0.6) is 0 Å². The molecular weight excluding hydrogens is 232 g/mol. The predicted molar refractivity (Wildman–Crippen MR) is 70.3 cm³/mol. The molecule has 1 atom stereocenters. The molecule has 0 aliphatic carbocycles. The quantitative estimate of drug-likeness (QED) is 0.704. The minimum atomic E-state index is -0.450. The molecule has 0 spiro atoms. The van der Waals surface area contributed by atoms with Gasteiger partial charge in [0.1, 0.15) is 5.60 Å². The van der Waals surface area contributed by atoms with Crippen LogP contribution in [0.25, 0.3) is 0 Å². The zero-order valence-electron chi connectivity index (χ0n) is 11.8. The van der Waals surface area contributed by atoms with Crippen molar-refractivity contribution in [1.29, 1.82) is 0 Å². The monoisotopic (exact) mass is 258 g/mol. The van der Waals surface area contributed by atoms with E-state index in [0.717, 1.165) is 19.3 Å². The highest BCUT2D eigenvalue weighted by Crippen LogP contribution is 2.26. The Bertz CT molecular complexity index is 263. The van der Waals surface area contributed by atoms with Gasteiger partial charge in [-0.25, -0.2) is 0 Å². The Balaban J connectivity index is 2.59. The smallest absolute Gasteiger partial charge is 0.227 e. The van der Waals surface area contributed by atoms with Crippen molar-refractivity contribution in [2.75, 3.05) is 33.4 Å². The fraction of sp³-hybridized carbons (Fsp3) is 0.923. The molecule has 18 heavy (non-hydrogen) atoms. The first kappa shape index (κ1) is 15.4. The second-order valence-electron chi connectivity index (χ2n) is 5.06. The van der Waals surface area contributed by atoms with Crippen LogP contribution in [0, 0.1) is 5.41 Å². The Hall–Kier alpha value is -0.650. The summed E-state index contributed by atoms with van der Waals surface area (Å²) in [7, 11) is 1.66. The van der Waals surface area contributed by atoms with E-state index in [-0.39, 0.29) is 11.5 Å². The van der Waals surface area contributed by atoms with Crippen LogP contribution in [-0.4, -0.2) is 44.9 Å². The van der Waals surface area contributed by atoms with Crippen LogP contribution >= 0.6 is 0 Å². The fourth-order valence-electron chi connectivity index (χ4n) is 2.34. The molecular formula is C13H26N2O3. The number of hydrogen-bond acceptors (Lipinski definition) is 4. The molecule has 1 amide bonds. The summed E-state index contributed by atoms with van der Waals surface area (Å²) < 4.78 is 10.8. The molecule has 0 aromatic carbocycles. The van der Waals surface area contributed by atoms with E-state index >= 15 is 0 Å². The molecule has 5 nitrogen and oxygen atoms in total. The Kier molecular flexibility index (Phi) is 5.56. The molecule has 1 saturated heterocycles. The molecule has 0 saturated carbocycles. The van der Waals surface area contributed by atoms with E-state index in [1.165, 1.54) is 0 Å². The van der Waals surface area contributed by atoms with E-state index in [9.17, 15) is 4.79 Å². The molecule has 1 heterocycles. The number of methoxy groups -OCH3 is 1. The van der Waals surface area contributed by atoms with Gasteiger partial charge < -0.3 is 20.5 Å². The summed E-state index contributed by atoms with van der Waals surface area (Å²) in [6, 6.07) is 0. The second-order valence-corrected chi connectivity index (χ2v) is 5.06. The van der Waals surface area contributed by atoms with Crippen LogP contribution < -0.4 is 11.1 Å². The average molecular weight is 258 g/mol. The van der Waals surface area contributed by atoms with Crippen molar-refractivity contribution in [2.24, 2.45) is 11.1 Å². The topological polar surface area (TPSA) is 73.6 Å². The number of carbonyl (C=O) groups is 1. The standard InChI is InChI=1S/C13H26N2O3/c1-4-12(5-2,8-14)11(16)15-9-13(17-3)6-7-18-10-13/h4-10,14H2,1-3H3,(H,15,16). The van der Waals surface area contributed by atoms with Gasteiger partial charge in [0.05, 0.1) is 12.0 Å². The Morgan fingerprint density at radius 3 is 2.56 bits per heavy atom. The van der Waals surface area contributed by atoms with Gasteiger partial charge in [-0.05, 0) is 12.8 Å². The zero-order valence-corrected chi connectivity index (χ0v) is 11.8. The maximum atomic E-state index is 12.3. The molecule has 106 valence electrons. The number of nitrogens with one attached hydrogen (secondary N) is 1. The van der Waals surface area contributed by atoms with E-state index in [4.69, 9.17) is 15.2 Å². The molecule has 1 aliphatic rings. The molecule has 0 aromatic rings. The fourth-order valence-corrected chi connectivity index (χ4v) is 2.34. The van der Waals surface area contributed by atoms with E-state index in [0.29, 0.717) is 26.3 Å². The maximum absolute atomic E-state index is 12.3. The molecule has 0 aromatic heterocycles. The van der Waals surface area contributed by atoms with Gasteiger partial charge in [0, 0.05) is 33.2 Å². The molecule has 1 rings (SSSR count). The van der Waals surface area contributed by atoms with Crippen LogP contribution in [0.2, 0.25) is 0 Å². The van der Waals surface area contributed by atoms with Gasteiger partial charge in [0.25, 0.3) is 0 Å². The van der Waals surface area contributed by atoms with Crippen LogP contribution in [0.1, 0.15) is 33.1 Å². The Morgan fingerprint density at radius 1 is 1.50 bits per heavy atom. The van der Waals surface area contributed by atoms with Gasteiger partial charge >= 0.3 is 0 Å². The van der Waals surface area contributed by atoms with Gasteiger partial charge in [0.2, 0.25) is 5.91 Å². The van der Waals surface area contributed by atoms with E-state index in [1.807, 2.05) is 13.8 Å². The highest BCUT2D eigenvalue weighted by molar-refractivity contribution is 5.82. The van der Waals surface area contributed by atoms with Crippen molar-refractivity contribution in [3.8, 4) is 0 Å². The van der Waals surface area contributed by atoms with Crippen LogP contribution in [0.15, 0.2) is 0 Å². The van der Waals surface area contributed by atoms with Crippen LogP contribution in [0.3, 0.4) is 0 Å². The third-order valence-corrected chi connectivity index (χ3v) is 4.30. The Labute approximate surface area is 109 Å². The molecule has 1 unspecified atom stereocenters. The lowest BCUT2D eigenvalue weighted by atomic mass is 9.81. The van der Waals surface area contributed by atoms with Crippen molar-refractivity contribution < 1.29 is 14.3 Å². The van der Waals surface area contributed by atoms with Gasteiger partial charge in [-0.15, -0.1) is 0 Å². The van der Waals surface area contributed by atoms with Gasteiger partial charge in [-0.3, -0.25) is 4.79 Å². The van der Waals surface area contributed by atoms with Crippen molar-refractivity contribution in [3.05, 3.63) is 0 Å². The molecule has 5 heteroatoms. The second kappa shape index (κ2) is 6.50. The van der Waals surface area contributed by atoms with Gasteiger partial charge in [-0.1, -0.05) is 13.8 Å². The third kappa shape index (κ3) is 3.02. The summed E-state index contributed by atoms with van der Waals surface area (Å²) in [5.74, 6) is 0.0262. The number of ether oxygens (including phenoxy) is 2. The number of nitrogens with two attached hydrogens (primary N) is 1. The van der Waals surface area contributed by atoms with Crippen molar-refractivity contribution in [2.45, 2.75) is 38.7 Å². The first-order valence-electron chi connectivity index (χ1n) is 6.69. The van der Waals surface area contributed by atoms with Gasteiger partial charge in [-0.2, -0.15) is 0 Å². The molecule has 1 fully saturated rings. The van der Waals surface area contributed by atoms with Crippen LogP contribution in [-0.2, 0) is 14.3 Å². The summed E-state index contributed by atoms with van der Waals surface area (Å²) in [5.41, 5.74) is 4.95. The summed E-state index contributed by atoms with van der Waals surface area (Å²) >= 11 is 0. The Morgan fingerprint density at radius 2 is 2.17 bits per heavy atom. The minimum absolute atomic E-state index is 0.0262. The maximum Gasteiger partial charge on any atom is 0.227 e. The normalized spacial score (nSPS) is 24.2. The summed E-state index contributed by atoms with van der Waals surface area (Å²) in [6.45, 7) is 6.10.